The van der Waals surface area contributed by atoms with Gasteiger partial charge in [0.15, 0.2) is 0 Å². The molecule has 1 heterocycles. The zero-order chi connectivity index (χ0) is 10.7. The van der Waals surface area contributed by atoms with Crippen LogP contribution in [0.2, 0.25) is 0 Å². The molecule has 3 heteroatoms. The van der Waals surface area contributed by atoms with E-state index in [1.54, 1.807) is 13.3 Å². The van der Waals surface area contributed by atoms with E-state index in [0.29, 0.717) is 5.92 Å². The largest absolute Gasteiger partial charge is 0.377 e. The van der Waals surface area contributed by atoms with Gasteiger partial charge in [0.05, 0.1) is 6.10 Å². The lowest BCUT2D eigenvalue weighted by atomic mass is 9.94. The van der Waals surface area contributed by atoms with Crippen molar-refractivity contribution in [3.05, 3.63) is 42.3 Å². The fraction of sp³-hybridized carbons (Fsp3) is 0.417. The van der Waals surface area contributed by atoms with Gasteiger partial charge in [0.1, 0.15) is 0 Å². The number of hydrogen-bond donors (Lipinski definition) is 0. The molecule has 0 spiro atoms. The van der Waals surface area contributed by atoms with Gasteiger partial charge in [-0.05, 0) is 13.0 Å². The van der Waals surface area contributed by atoms with Crippen molar-refractivity contribution in [2.45, 2.75) is 19.6 Å². The molecule has 2 rings (SSSR count). The minimum atomic E-state index is 0.165. The molecule has 2 atom stereocenters. The minimum Gasteiger partial charge on any atom is -0.377 e. The van der Waals surface area contributed by atoms with Gasteiger partial charge in [-0.3, -0.25) is 4.68 Å². The fourth-order valence-electron chi connectivity index (χ4n) is 1.91. The second kappa shape index (κ2) is 4.45. The Morgan fingerprint density at radius 3 is 3.07 bits per heavy atom. The van der Waals surface area contributed by atoms with Crippen LogP contribution >= 0.6 is 0 Å². The van der Waals surface area contributed by atoms with Crippen molar-refractivity contribution < 1.29 is 4.74 Å². The Bertz CT molecular complexity index is 365. The Hall–Kier alpha value is -1.35. The Balaban J connectivity index is 2.09. The van der Waals surface area contributed by atoms with E-state index in [1.165, 1.54) is 5.57 Å². The maximum Gasteiger partial charge on any atom is 0.0835 e. The van der Waals surface area contributed by atoms with Crippen molar-refractivity contribution in [3.63, 3.8) is 0 Å². The molecule has 1 aliphatic carbocycles. The molecule has 0 fully saturated rings. The molecule has 0 aromatic carbocycles. The lowest BCUT2D eigenvalue weighted by Gasteiger charge is -2.24. The number of nitrogens with zero attached hydrogens (tertiary/aromatic N) is 2. The van der Waals surface area contributed by atoms with Gasteiger partial charge in [-0.1, -0.05) is 23.8 Å². The van der Waals surface area contributed by atoms with E-state index in [4.69, 9.17) is 4.74 Å². The topological polar surface area (TPSA) is 27.1 Å². The summed E-state index contributed by atoms with van der Waals surface area (Å²) in [6, 6.07) is 1.94. The Morgan fingerprint density at radius 1 is 1.53 bits per heavy atom. The van der Waals surface area contributed by atoms with Gasteiger partial charge in [-0.15, -0.1) is 0 Å². The monoisotopic (exact) mass is 204 g/mol. The maximum atomic E-state index is 5.43. The summed E-state index contributed by atoms with van der Waals surface area (Å²) in [6.45, 7) is 2.98. The Morgan fingerprint density at radius 2 is 2.40 bits per heavy atom. The molecule has 15 heavy (non-hydrogen) atoms. The second-order valence-electron chi connectivity index (χ2n) is 3.86. The molecule has 3 nitrogen and oxygen atoms in total. The first kappa shape index (κ1) is 10.2. The van der Waals surface area contributed by atoms with Gasteiger partial charge in [0, 0.05) is 32.0 Å². The predicted molar refractivity (Wildman–Crippen MR) is 59.4 cm³/mol. The lowest BCUT2D eigenvalue weighted by molar-refractivity contribution is 0.0969. The van der Waals surface area contributed by atoms with Gasteiger partial charge in [-0.25, -0.2) is 0 Å². The van der Waals surface area contributed by atoms with Gasteiger partial charge < -0.3 is 4.74 Å². The van der Waals surface area contributed by atoms with Gasteiger partial charge in [0.2, 0.25) is 0 Å². The van der Waals surface area contributed by atoms with Crippen LogP contribution in [0.5, 0.6) is 0 Å². The van der Waals surface area contributed by atoms with E-state index < -0.39 is 0 Å². The van der Waals surface area contributed by atoms with Crippen LogP contribution in [0, 0.1) is 5.92 Å². The first-order valence-electron chi connectivity index (χ1n) is 5.16. The summed E-state index contributed by atoms with van der Waals surface area (Å²) in [5.74, 6) is 0.375. The molecule has 80 valence electrons. The number of aromatic nitrogens is 2. The van der Waals surface area contributed by atoms with E-state index in [2.05, 4.69) is 30.3 Å². The van der Waals surface area contributed by atoms with Crippen molar-refractivity contribution in [2.24, 2.45) is 5.92 Å². The first-order chi connectivity index (χ1) is 7.29. The molecule has 1 aromatic heterocycles. The van der Waals surface area contributed by atoms with Crippen LogP contribution < -0.4 is 0 Å². The van der Waals surface area contributed by atoms with Gasteiger partial charge in [-0.2, -0.15) is 5.10 Å². The van der Waals surface area contributed by atoms with E-state index in [0.717, 1.165) is 6.54 Å². The molecular weight excluding hydrogens is 188 g/mol. The highest BCUT2D eigenvalue weighted by Crippen LogP contribution is 2.20. The molecule has 0 amide bonds. The van der Waals surface area contributed by atoms with Crippen LogP contribution in [0.4, 0.5) is 0 Å². The van der Waals surface area contributed by atoms with Crippen LogP contribution in [0.25, 0.3) is 0 Å². The summed E-state index contributed by atoms with van der Waals surface area (Å²) in [4.78, 5) is 0. The van der Waals surface area contributed by atoms with Crippen molar-refractivity contribution in [3.8, 4) is 0 Å². The van der Waals surface area contributed by atoms with Crippen LogP contribution in [0.3, 0.4) is 0 Å². The third kappa shape index (κ3) is 2.36. The van der Waals surface area contributed by atoms with Crippen LogP contribution in [0.15, 0.2) is 42.3 Å². The number of hydrogen-bond acceptors (Lipinski definition) is 2. The van der Waals surface area contributed by atoms with E-state index >= 15 is 0 Å². The zero-order valence-corrected chi connectivity index (χ0v) is 9.13. The van der Waals surface area contributed by atoms with Crippen molar-refractivity contribution in [1.82, 2.24) is 9.78 Å². The smallest absolute Gasteiger partial charge is 0.0835 e. The quantitative estimate of drug-likeness (QED) is 0.753. The number of rotatable bonds is 3. The van der Waals surface area contributed by atoms with Crippen LogP contribution in [-0.2, 0) is 11.3 Å². The third-order valence-electron chi connectivity index (χ3n) is 2.68. The average molecular weight is 204 g/mol. The summed E-state index contributed by atoms with van der Waals surface area (Å²) < 4.78 is 7.37. The molecule has 1 aliphatic rings. The molecule has 0 bridgehead atoms. The molecule has 2 unspecified atom stereocenters. The van der Waals surface area contributed by atoms with Crippen molar-refractivity contribution >= 4 is 0 Å². The fourth-order valence-corrected chi connectivity index (χ4v) is 1.91. The second-order valence-corrected chi connectivity index (χ2v) is 3.86. The summed E-state index contributed by atoms with van der Waals surface area (Å²) in [7, 11) is 1.75. The highest BCUT2D eigenvalue weighted by atomic mass is 16.5. The molecule has 0 N–H and O–H groups in total. The summed E-state index contributed by atoms with van der Waals surface area (Å²) in [6.07, 6.45) is 10.4. The maximum absolute atomic E-state index is 5.43. The summed E-state index contributed by atoms with van der Waals surface area (Å²) in [5, 5.41) is 4.21. The molecular formula is C12H16N2O. The summed E-state index contributed by atoms with van der Waals surface area (Å²) >= 11 is 0. The molecule has 0 aliphatic heterocycles. The number of methoxy groups -OCH3 is 1. The van der Waals surface area contributed by atoms with E-state index in [9.17, 15) is 0 Å². The molecule has 0 saturated carbocycles. The average Bonchev–Trinajstić information content (AvgIpc) is 2.71. The number of ether oxygens (including phenoxy) is 1. The van der Waals surface area contributed by atoms with Gasteiger partial charge >= 0.3 is 0 Å². The molecule has 0 saturated heterocycles. The number of allylic oxidation sites excluding steroid dienone is 2. The van der Waals surface area contributed by atoms with Gasteiger partial charge in [0.25, 0.3) is 0 Å². The Labute approximate surface area is 90.1 Å². The lowest BCUT2D eigenvalue weighted by Crippen LogP contribution is -2.26. The Kier molecular flexibility index (Phi) is 3.02. The van der Waals surface area contributed by atoms with Crippen molar-refractivity contribution in [2.75, 3.05) is 7.11 Å². The van der Waals surface area contributed by atoms with Crippen LogP contribution in [0.1, 0.15) is 6.92 Å². The van der Waals surface area contributed by atoms with Crippen LogP contribution in [-0.4, -0.2) is 23.0 Å². The standard InChI is InChI=1S/C12H16N2O/c1-10-4-5-12(15-2)11(8-10)9-14-7-3-6-13-14/h3-8,11-12H,9H2,1-2H3. The minimum absolute atomic E-state index is 0.165. The highest BCUT2D eigenvalue weighted by molar-refractivity contribution is 5.24. The highest BCUT2D eigenvalue weighted by Gasteiger charge is 2.19. The normalized spacial score (nSPS) is 25.3. The third-order valence-corrected chi connectivity index (χ3v) is 2.68. The predicted octanol–water partition coefficient (Wildman–Crippen LogP) is 2.03. The van der Waals surface area contributed by atoms with E-state index in [1.807, 2.05) is 16.9 Å². The first-order valence-corrected chi connectivity index (χ1v) is 5.16. The SMILES string of the molecule is COC1C=CC(C)=CC1Cn1cccn1. The van der Waals surface area contributed by atoms with E-state index in [-0.39, 0.29) is 6.10 Å². The molecule has 0 radical (unpaired) electrons. The zero-order valence-electron chi connectivity index (χ0n) is 9.13. The summed E-state index contributed by atoms with van der Waals surface area (Å²) in [5.41, 5.74) is 1.29. The van der Waals surface area contributed by atoms with Crippen molar-refractivity contribution in [1.29, 1.82) is 0 Å². The molecule has 1 aromatic rings.